The van der Waals surface area contributed by atoms with E-state index in [9.17, 15) is 13.2 Å². The Labute approximate surface area is 123 Å². The molecule has 1 fully saturated rings. The number of benzene rings is 1. The molecule has 0 atom stereocenters. The Hall–Kier alpha value is -1.48. The molecule has 1 aliphatic heterocycles. The summed E-state index contributed by atoms with van der Waals surface area (Å²) in [5.41, 5.74) is 5.88. The van der Waals surface area contributed by atoms with E-state index in [1.165, 1.54) is 12.1 Å². The van der Waals surface area contributed by atoms with Crippen LogP contribution in [0.2, 0.25) is 0 Å². The maximum absolute atomic E-state index is 12.3. The summed E-state index contributed by atoms with van der Waals surface area (Å²) < 4.78 is 28.2. The first-order valence-corrected chi connectivity index (χ1v) is 8.09. The molecule has 116 valence electrons. The van der Waals surface area contributed by atoms with Crippen molar-refractivity contribution in [2.45, 2.75) is 30.2 Å². The quantitative estimate of drug-likeness (QED) is 0.729. The molecule has 0 saturated carbocycles. The summed E-state index contributed by atoms with van der Waals surface area (Å²) in [5.74, 6) is -0.347. The first-order valence-electron chi connectivity index (χ1n) is 6.54. The molecule has 7 nitrogen and oxygen atoms in total. The molecule has 1 amide bonds. The van der Waals surface area contributed by atoms with E-state index >= 15 is 0 Å². The van der Waals surface area contributed by atoms with Crippen molar-refractivity contribution in [3.63, 3.8) is 0 Å². The number of sulfonamides is 1. The highest BCUT2D eigenvalue weighted by molar-refractivity contribution is 7.89. The van der Waals surface area contributed by atoms with E-state index in [-0.39, 0.29) is 10.8 Å². The summed E-state index contributed by atoms with van der Waals surface area (Å²) >= 11 is 0. The number of amides is 1. The van der Waals surface area contributed by atoms with Crippen molar-refractivity contribution in [3.05, 3.63) is 23.8 Å². The minimum atomic E-state index is -3.83. The molecule has 0 unspecified atom stereocenters. The number of carbonyl (C=O) groups is 1. The SMILES string of the molecule is Cc1c(NC(=O)C2(N)CCOCC2)cccc1S(N)(=O)=O. The third-order valence-electron chi connectivity index (χ3n) is 3.68. The van der Waals surface area contributed by atoms with Gasteiger partial charge in [-0.1, -0.05) is 6.07 Å². The highest BCUT2D eigenvalue weighted by atomic mass is 32.2. The molecule has 0 spiro atoms. The summed E-state index contributed by atoms with van der Waals surface area (Å²) in [6.45, 7) is 2.45. The lowest BCUT2D eigenvalue weighted by molar-refractivity contribution is -0.124. The summed E-state index contributed by atoms with van der Waals surface area (Å²) in [7, 11) is -3.83. The minimum absolute atomic E-state index is 0.0154. The van der Waals surface area contributed by atoms with E-state index < -0.39 is 15.6 Å². The van der Waals surface area contributed by atoms with Gasteiger partial charge in [-0.15, -0.1) is 0 Å². The van der Waals surface area contributed by atoms with Gasteiger partial charge in [-0.2, -0.15) is 0 Å². The molecule has 0 radical (unpaired) electrons. The number of nitrogens with one attached hydrogen (secondary N) is 1. The van der Waals surface area contributed by atoms with Gasteiger partial charge >= 0.3 is 0 Å². The first-order chi connectivity index (χ1) is 9.74. The van der Waals surface area contributed by atoms with Gasteiger partial charge in [-0.05, 0) is 37.5 Å². The van der Waals surface area contributed by atoms with Crippen LogP contribution in [0.4, 0.5) is 5.69 Å². The van der Waals surface area contributed by atoms with Gasteiger partial charge in [0.2, 0.25) is 15.9 Å². The third kappa shape index (κ3) is 3.41. The average molecular weight is 313 g/mol. The van der Waals surface area contributed by atoms with Crippen LogP contribution >= 0.6 is 0 Å². The van der Waals surface area contributed by atoms with Gasteiger partial charge in [0.25, 0.3) is 0 Å². The minimum Gasteiger partial charge on any atom is -0.381 e. The lowest BCUT2D eigenvalue weighted by atomic mass is 9.90. The zero-order valence-corrected chi connectivity index (χ0v) is 12.6. The fourth-order valence-electron chi connectivity index (χ4n) is 2.27. The van der Waals surface area contributed by atoms with Crippen LogP contribution in [0.5, 0.6) is 0 Å². The molecule has 1 saturated heterocycles. The lowest BCUT2D eigenvalue weighted by Gasteiger charge is -2.32. The van der Waals surface area contributed by atoms with E-state index in [0.717, 1.165) is 0 Å². The van der Waals surface area contributed by atoms with Gasteiger partial charge in [-0.3, -0.25) is 4.79 Å². The van der Waals surface area contributed by atoms with Crippen LogP contribution in [0.3, 0.4) is 0 Å². The number of primary sulfonamides is 1. The Bertz CT molecular complexity index is 651. The predicted molar refractivity (Wildman–Crippen MR) is 78.2 cm³/mol. The van der Waals surface area contributed by atoms with Crippen molar-refractivity contribution in [2.75, 3.05) is 18.5 Å². The molecule has 21 heavy (non-hydrogen) atoms. The number of anilines is 1. The fraction of sp³-hybridized carbons (Fsp3) is 0.462. The van der Waals surface area contributed by atoms with Gasteiger partial charge < -0.3 is 15.8 Å². The molecular weight excluding hydrogens is 294 g/mol. The summed E-state index contributed by atoms with van der Waals surface area (Å²) in [5, 5.41) is 7.84. The summed E-state index contributed by atoms with van der Waals surface area (Å²) in [4.78, 5) is 12.3. The zero-order valence-electron chi connectivity index (χ0n) is 11.8. The van der Waals surface area contributed by atoms with Gasteiger partial charge in [0.05, 0.1) is 4.90 Å². The normalized spacial score (nSPS) is 18.2. The number of hydrogen-bond acceptors (Lipinski definition) is 5. The van der Waals surface area contributed by atoms with Gasteiger partial charge in [0, 0.05) is 18.9 Å². The number of hydrogen-bond donors (Lipinski definition) is 3. The average Bonchev–Trinajstić information content (AvgIpc) is 2.40. The summed E-state index contributed by atoms with van der Waals surface area (Å²) in [6, 6.07) is 4.53. The Balaban J connectivity index is 2.26. The van der Waals surface area contributed by atoms with E-state index in [0.29, 0.717) is 37.3 Å². The number of carbonyl (C=O) groups excluding carboxylic acids is 1. The lowest BCUT2D eigenvalue weighted by Crippen LogP contribution is -2.54. The van der Waals surface area contributed by atoms with Crippen LogP contribution in [0.1, 0.15) is 18.4 Å². The maximum Gasteiger partial charge on any atom is 0.244 e. The van der Waals surface area contributed by atoms with Crippen molar-refractivity contribution in [3.8, 4) is 0 Å². The summed E-state index contributed by atoms with van der Waals surface area (Å²) in [6.07, 6.45) is 0.847. The molecule has 1 aromatic carbocycles. The number of nitrogens with two attached hydrogens (primary N) is 2. The Kier molecular flexibility index (Phi) is 4.33. The second-order valence-corrected chi connectivity index (χ2v) is 6.73. The van der Waals surface area contributed by atoms with Crippen LogP contribution < -0.4 is 16.2 Å². The molecule has 1 heterocycles. The zero-order chi connectivity index (χ0) is 15.7. The van der Waals surface area contributed by atoms with Crippen LogP contribution in [0.15, 0.2) is 23.1 Å². The molecule has 5 N–H and O–H groups in total. The first kappa shape index (κ1) is 15.9. The second kappa shape index (κ2) is 5.72. The second-order valence-electron chi connectivity index (χ2n) is 5.20. The Morgan fingerprint density at radius 1 is 1.33 bits per heavy atom. The molecule has 0 aliphatic carbocycles. The maximum atomic E-state index is 12.3. The number of rotatable bonds is 3. The monoisotopic (exact) mass is 313 g/mol. The fourth-order valence-corrected chi connectivity index (χ4v) is 3.07. The standard InChI is InChI=1S/C13H19N3O4S/c1-9-10(3-2-4-11(9)21(15,18)19)16-12(17)13(14)5-7-20-8-6-13/h2-4H,5-8,14H2,1H3,(H,16,17)(H2,15,18,19). The number of ether oxygens (including phenoxy) is 1. The van der Waals surface area contributed by atoms with Crippen molar-refractivity contribution in [2.24, 2.45) is 10.9 Å². The molecular formula is C13H19N3O4S. The molecule has 0 bridgehead atoms. The van der Waals surface area contributed by atoms with Crippen LogP contribution in [0, 0.1) is 6.92 Å². The smallest absolute Gasteiger partial charge is 0.244 e. The van der Waals surface area contributed by atoms with E-state index in [2.05, 4.69) is 5.32 Å². The highest BCUT2D eigenvalue weighted by Gasteiger charge is 2.36. The van der Waals surface area contributed by atoms with Crippen molar-refractivity contribution in [1.29, 1.82) is 0 Å². The topological polar surface area (TPSA) is 125 Å². The Morgan fingerprint density at radius 3 is 2.52 bits per heavy atom. The van der Waals surface area contributed by atoms with E-state index in [4.69, 9.17) is 15.6 Å². The van der Waals surface area contributed by atoms with Crippen LogP contribution in [0.25, 0.3) is 0 Å². The predicted octanol–water partition coefficient (Wildman–Crippen LogP) is 0.0888. The van der Waals surface area contributed by atoms with Crippen molar-refractivity contribution in [1.82, 2.24) is 0 Å². The van der Waals surface area contributed by atoms with Gasteiger partial charge in [-0.25, -0.2) is 13.6 Å². The van der Waals surface area contributed by atoms with Gasteiger partial charge in [0.1, 0.15) is 5.54 Å². The van der Waals surface area contributed by atoms with E-state index in [1.807, 2.05) is 0 Å². The van der Waals surface area contributed by atoms with Crippen molar-refractivity contribution >= 4 is 21.6 Å². The highest BCUT2D eigenvalue weighted by Crippen LogP contribution is 2.25. The third-order valence-corrected chi connectivity index (χ3v) is 4.73. The largest absolute Gasteiger partial charge is 0.381 e. The van der Waals surface area contributed by atoms with Crippen LogP contribution in [-0.2, 0) is 19.6 Å². The Morgan fingerprint density at radius 2 is 1.95 bits per heavy atom. The molecule has 0 aromatic heterocycles. The van der Waals surface area contributed by atoms with Crippen LogP contribution in [-0.4, -0.2) is 33.1 Å². The van der Waals surface area contributed by atoms with Crippen molar-refractivity contribution < 1.29 is 17.9 Å². The molecule has 2 rings (SSSR count). The molecule has 8 heteroatoms. The molecule has 1 aromatic rings. The van der Waals surface area contributed by atoms with Gasteiger partial charge in [0.15, 0.2) is 0 Å². The van der Waals surface area contributed by atoms with E-state index in [1.54, 1.807) is 13.0 Å². The molecule has 1 aliphatic rings.